The monoisotopic (exact) mass is 359 g/mol. The van der Waals surface area contributed by atoms with Crippen LogP contribution in [-0.2, 0) is 0 Å². The third kappa shape index (κ3) is 2.86. The average Bonchev–Trinajstić information content (AvgIpc) is 3.47. The van der Waals surface area contributed by atoms with Crippen molar-refractivity contribution in [2.45, 2.75) is 37.8 Å². The molecule has 0 bridgehead atoms. The van der Waals surface area contributed by atoms with Crippen LogP contribution in [0.5, 0.6) is 0 Å². The van der Waals surface area contributed by atoms with Crippen molar-refractivity contribution in [3.8, 4) is 0 Å². The third-order valence-corrected chi connectivity index (χ3v) is 5.44. The van der Waals surface area contributed by atoms with E-state index in [9.17, 15) is 19.1 Å². The van der Waals surface area contributed by atoms with Crippen LogP contribution in [0.3, 0.4) is 0 Å². The van der Waals surface area contributed by atoms with Gasteiger partial charge in [0.15, 0.2) is 0 Å². The number of benzene rings is 1. The maximum Gasteiger partial charge on any atom is 0.341 e. The first kappa shape index (κ1) is 17.0. The maximum atomic E-state index is 14.8. The number of aromatic carboxylic acids is 1. The molecular formula is C19H22FN3O3. The first-order chi connectivity index (χ1) is 12.5. The van der Waals surface area contributed by atoms with Crippen LogP contribution in [0.1, 0.15) is 42.1 Å². The smallest absolute Gasteiger partial charge is 0.341 e. The highest BCUT2D eigenvalue weighted by atomic mass is 19.1. The number of anilines is 1. The van der Waals surface area contributed by atoms with Gasteiger partial charge in [0.05, 0.1) is 11.2 Å². The highest BCUT2D eigenvalue weighted by Crippen LogP contribution is 2.38. The summed E-state index contributed by atoms with van der Waals surface area (Å²) in [5, 5.41) is 12.7. The fourth-order valence-electron chi connectivity index (χ4n) is 3.84. The Morgan fingerprint density at radius 3 is 2.73 bits per heavy atom. The molecule has 1 saturated carbocycles. The van der Waals surface area contributed by atoms with Gasteiger partial charge in [0, 0.05) is 36.8 Å². The molecule has 2 N–H and O–H groups in total. The number of nitrogens with zero attached hydrogens (tertiary/aromatic N) is 2. The lowest BCUT2D eigenvalue weighted by atomic mass is 10.0. The number of likely N-dealkylation sites (N-methyl/N-ethyl adjacent to an activating group) is 1. The predicted octanol–water partition coefficient (Wildman–Crippen LogP) is 2.36. The molecule has 138 valence electrons. The summed E-state index contributed by atoms with van der Waals surface area (Å²) in [5.74, 6) is -1.75. The molecule has 26 heavy (non-hydrogen) atoms. The van der Waals surface area contributed by atoms with E-state index >= 15 is 0 Å². The first-order valence-electron chi connectivity index (χ1n) is 9.03. The van der Waals surface area contributed by atoms with Crippen molar-refractivity contribution in [2.75, 3.05) is 25.0 Å². The summed E-state index contributed by atoms with van der Waals surface area (Å²) in [6.45, 7) is 1.47. The van der Waals surface area contributed by atoms with Crippen molar-refractivity contribution in [1.82, 2.24) is 9.88 Å². The number of carboxylic acid groups (broad SMARTS) is 1. The van der Waals surface area contributed by atoms with Crippen LogP contribution in [0.15, 0.2) is 23.1 Å². The molecule has 1 aliphatic carbocycles. The number of halogens is 1. The van der Waals surface area contributed by atoms with E-state index in [4.69, 9.17) is 0 Å². The number of aromatic nitrogens is 1. The van der Waals surface area contributed by atoms with Crippen molar-refractivity contribution in [3.63, 3.8) is 0 Å². The SMILES string of the molecule is CNC1CCCN(c2cc3c(cc2F)c(=O)c(C(=O)O)cn3C2CC2)C1. The number of hydrogen-bond acceptors (Lipinski definition) is 4. The molecular weight excluding hydrogens is 337 g/mol. The lowest BCUT2D eigenvalue weighted by Crippen LogP contribution is -2.44. The first-order valence-corrected chi connectivity index (χ1v) is 9.03. The largest absolute Gasteiger partial charge is 0.477 e. The molecule has 1 aromatic heterocycles. The fraction of sp³-hybridized carbons (Fsp3) is 0.474. The second-order valence-corrected chi connectivity index (χ2v) is 7.21. The zero-order chi connectivity index (χ0) is 18.4. The predicted molar refractivity (Wildman–Crippen MR) is 97.7 cm³/mol. The molecule has 7 heteroatoms. The van der Waals surface area contributed by atoms with Gasteiger partial charge in [0.25, 0.3) is 0 Å². The highest BCUT2D eigenvalue weighted by Gasteiger charge is 2.28. The van der Waals surface area contributed by atoms with Gasteiger partial charge in [-0.1, -0.05) is 0 Å². The van der Waals surface area contributed by atoms with Gasteiger partial charge in [-0.25, -0.2) is 9.18 Å². The van der Waals surface area contributed by atoms with E-state index in [0.29, 0.717) is 23.8 Å². The van der Waals surface area contributed by atoms with Gasteiger partial charge in [0.1, 0.15) is 11.4 Å². The lowest BCUT2D eigenvalue weighted by Gasteiger charge is -2.34. The van der Waals surface area contributed by atoms with Crippen molar-refractivity contribution < 1.29 is 14.3 Å². The molecule has 2 aliphatic rings. The molecule has 2 fully saturated rings. The summed E-state index contributed by atoms with van der Waals surface area (Å²) in [7, 11) is 1.91. The number of piperidine rings is 1. The number of rotatable bonds is 4. The summed E-state index contributed by atoms with van der Waals surface area (Å²) < 4.78 is 16.7. The molecule has 2 aromatic rings. The van der Waals surface area contributed by atoms with E-state index < -0.39 is 17.2 Å². The number of nitrogens with one attached hydrogen (secondary N) is 1. The van der Waals surface area contributed by atoms with E-state index in [1.807, 2.05) is 16.5 Å². The second-order valence-electron chi connectivity index (χ2n) is 7.21. The minimum Gasteiger partial charge on any atom is -0.477 e. The average molecular weight is 359 g/mol. The molecule has 2 heterocycles. The number of carboxylic acids is 1. The number of carbonyl (C=O) groups is 1. The van der Waals surface area contributed by atoms with Crippen LogP contribution < -0.4 is 15.6 Å². The molecule has 1 saturated heterocycles. The van der Waals surface area contributed by atoms with Gasteiger partial charge in [-0.2, -0.15) is 0 Å². The minimum atomic E-state index is -1.27. The van der Waals surface area contributed by atoms with Crippen LogP contribution in [-0.4, -0.2) is 41.8 Å². The van der Waals surface area contributed by atoms with Gasteiger partial charge in [-0.15, -0.1) is 0 Å². The van der Waals surface area contributed by atoms with Crippen LogP contribution in [0.2, 0.25) is 0 Å². The molecule has 1 unspecified atom stereocenters. The Labute approximate surface area is 150 Å². The Hall–Kier alpha value is -2.41. The highest BCUT2D eigenvalue weighted by molar-refractivity contribution is 5.93. The molecule has 0 spiro atoms. The molecule has 1 atom stereocenters. The Balaban J connectivity index is 1.88. The minimum absolute atomic E-state index is 0.139. The van der Waals surface area contributed by atoms with Crippen molar-refractivity contribution >= 4 is 22.6 Å². The summed E-state index contributed by atoms with van der Waals surface area (Å²) in [6.07, 6.45) is 5.32. The summed E-state index contributed by atoms with van der Waals surface area (Å²) >= 11 is 0. The van der Waals surface area contributed by atoms with E-state index in [1.54, 1.807) is 6.07 Å². The number of pyridine rings is 1. The lowest BCUT2D eigenvalue weighted by molar-refractivity contribution is 0.0695. The summed E-state index contributed by atoms with van der Waals surface area (Å²) in [4.78, 5) is 25.9. The van der Waals surface area contributed by atoms with Crippen molar-refractivity contribution in [1.29, 1.82) is 0 Å². The Morgan fingerprint density at radius 2 is 2.08 bits per heavy atom. The Kier molecular flexibility index (Phi) is 4.19. The van der Waals surface area contributed by atoms with Gasteiger partial charge < -0.3 is 19.9 Å². The Morgan fingerprint density at radius 1 is 1.31 bits per heavy atom. The summed E-state index contributed by atoms with van der Waals surface area (Å²) in [5.41, 5.74) is 0.172. The Bertz CT molecular complexity index is 936. The zero-order valence-electron chi connectivity index (χ0n) is 14.7. The van der Waals surface area contributed by atoms with E-state index in [1.165, 1.54) is 12.3 Å². The van der Waals surface area contributed by atoms with Gasteiger partial charge in [0.2, 0.25) is 5.43 Å². The maximum absolute atomic E-state index is 14.8. The van der Waals surface area contributed by atoms with Crippen LogP contribution in [0.25, 0.3) is 10.9 Å². The zero-order valence-corrected chi connectivity index (χ0v) is 14.7. The quantitative estimate of drug-likeness (QED) is 0.877. The van der Waals surface area contributed by atoms with Crippen LogP contribution >= 0.6 is 0 Å². The topological polar surface area (TPSA) is 74.6 Å². The fourth-order valence-corrected chi connectivity index (χ4v) is 3.84. The van der Waals surface area contributed by atoms with Gasteiger partial charge >= 0.3 is 5.97 Å². The molecule has 6 nitrogen and oxygen atoms in total. The van der Waals surface area contributed by atoms with E-state index in [-0.39, 0.29) is 17.0 Å². The third-order valence-electron chi connectivity index (χ3n) is 5.44. The van der Waals surface area contributed by atoms with E-state index in [2.05, 4.69) is 5.32 Å². The van der Waals surface area contributed by atoms with Crippen molar-refractivity contribution in [2.24, 2.45) is 0 Å². The molecule has 4 rings (SSSR count). The normalized spacial score (nSPS) is 20.5. The number of fused-ring (bicyclic) bond motifs is 1. The van der Waals surface area contributed by atoms with Crippen molar-refractivity contribution in [3.05, 3.63) is 39.9 Å². The van der Waals surface area contributed by atoms with Crippen LogP contribution in [0, 0.1) is 5.82 Å². The molecule has 1 aliphatic heterocycles. The number of hydrogen-bond donors (Lipinski definition) is 2. The van der Waals surface area contributed by atoms with E-state index in [0.717, 1.165) is 32.2 Å². The molecule has 0 amide bonds. The molecule has 0 radical (unpaired) electrons. The molecule has 1 aromatic carbocycles. The van der Waals surface area contributed by atoms with Crippen LogP contribution in [0.4, 0.5) is 10.1 Å². The van der Waals surface area contributed by atoms with Gasteiger partial charge in [-0.05, 0) is 44.9 Å². The second kappa shape index (κ2) is 6.39. The van der Waals surface area contributed by atoms with Gasteiger partial charge in [-0.3, -0.25) is 4.79 Å². The summed E-state index contributed by atoms with van der Waals surface area (Å²) in [6, 6.07) is 3.41. The standard InChI is InChI=1S/C19H22FN3O3/c1-21-11-3-2-6-22(9-11)17-8-16-13(7-15(17)20)18(24)14(19(25)26)10-23(16)12-4-5-12/h7-8,10-12,21H,2-6,9H2,1H3,(H,25,26).